The van der Waals surface area contributed by atoms with Crippen molar-refractivity contribution in [2.45, 2.75) is 18.9 Å². The van der Waals surface area contributed by atoms with Gasteiger partial charge in [0, 0.05) is 24.2 Å². The summed E-state index contributed by atoms with van der Waals surface area (Å²) in [6.45, 7) is 1.92. The highest BCUT2D eigenvalue weighted by atomic mass is 79.9. The Morgan fingerprint density at radius 1 is 1.00 bits per heavy atom. The number of halogens is 1. The normalized spacial score (nSPS) is 12.3. The molecule has 0 bridgehead atoms. The van der Waals surface area contributed by atoms with E-state index in [9.17, 15) is 5.11 Å². The van der Waals surface area contributed by atoms with Gasteiger partial charge in [0.25, 0.3) is 0 Å². The van der Waals surface area contributed by atoms with Gasteiger partial charge in [-0.15, -0.1) is 0 Å². The molecule has 2 nitrogen and oxygen atoms in total. The van der Waals surface area contributed by atoms with Crippen molar-refractivity contribution in [1.82, 2.24) is 5.32 Å². The zero-order valence-corrected chi connectivity index (χ0v) is 13.0. The number of aliphatic hydroxyl groups is 1. The average molecular weight is 334 g/mol. The van der Waals surface area contributed by atoms with E-state index in [0.717, 1.165) is 24.0 Å². The van der Waals surface area contributed by atoms with E-state index in [2.05, 4.69) is 45.5 Å². The van der Waals surface area contributed by atoms with Gasteiger partial charge in [0.15, 0.2) is 0 Å². The molecule has 0 aromatic heterocycles. The maximum atomic E-state index is 9.22. The van der Waals surface area contributed by atoms with Crippen LogP contribution in [-0.2, 0) is 6.54 Å². The summed E-state index contributed by atoms with van der Waals surface area (Å²) in [6.07, 6.45) is 0.785. The smallest absolute Gasteiger partial charge is 0.0437 e. The second kappa shape index (κ2) is 8.20. The number of nitrogens with one attached hydrogen (secondary N) is 1. The zero-order valence-electron chi connectivity index (χ0n) is 11.4. The van der Waals surface area contributed by atoms with Crippen LogP contribution in [0.25, 0.3) is 0 Å². The van der Waals surface area contributed by atoms with E-state index in [1.807, 2.05) is 30.3 Å². The van der Waals surface area contributed by atoms with Crippen molar-refractivity contribution in [3.63, 3.8) is 0 Å². The first-order valence-electron chi connectivity index (χ1n) is 6.91. The molecular formula is C17H20BrNO. The summed E-state index contributed by atoms with van der Waals surface area (Å²) in [5, 5.41) is 12.7. The summed E-state index contributed by atoms with van der Waals surface area (Å²) < 4.78 is 1.13. The third-order valence-electron chi connectivity index (χ3n) is 3.41. The molecule has 1 atom stereocenters. The summed E-state index contributed by atoms with van der Waals surface area (Å²) in [5.41, 5.74) is 2.53. The van der Waals surface area contributed by atoms with Gasteiger partial charge in [0.05, 0.1) is 0 Å². The SMILES string of the molecule is OCCC(CNCc1ccccc1Br)c1ccccc1. The predicted molar refractivity (Wildman–Crippen MR) is 86.7 cm³/mol. The molecule has 2 rings (SSSR count). The maximum Gasteiger partial charge on any atom is 0.0437 e. The number of aliphatic hydroxyl groups excluding tert-OH is 1. The lowest BCUT2D eigenvalue weighted by atomic mass is 9.96. The molecule has 106 valence electrons. The van der Waals surface area contributed by atoms with Crippen molar-refractivity contribution >= 4 is 15.9 Å². The second-order valence-electron chi connectivity index (χ2n) is 4.84. The molecule has 0 spiro atoms. The van der Waals surface area contributed by atoms with Gasteiger partial charge in [0.2, 0.25) is 0 Å². The molecule has 0 radical (unpaired) electrons. The van der Waals surface area contributed by atoms with E-state index < -0.39 is 0 Å². The van der Waals surface area contributed by atoms with Crippen LogP contribution in [0.2, 0.25) is 0 Å². The molecule has 0 aliphatic rings. The van der Waals surface area contributed by atoms with Crippen LogP contribution >= 0.6 is 15.9 Å². The lowest BCUT2D eigenvalue weighted by molar-refractivity contribution is 0.273. The molecule has 0 heterocycles. The van der Waals surface area contributed by atoms with Crippen LogP contribution in [0.3, 0.4) is 0 Å². The molecule has 2 aromatic carbocycles. The first-order chi connectivity index (χ1) is 9.81. The van der Waals surface area contributed by atoms with Gasteiger partial charge in [-0.3, -0.25) is 0 Å². The van der Waals surface area contributed by atoms with Crippen LogP contribution in [0.5, 0.6) is 0 Å². The minimum Gasteiger partial charge on any atom is -0.396 e. The van der Waals surface area contributed by atoms with Crippen molar-refractivity contribution < 1.29 is 5.11 Å². The number of hydrogen-bond acceptors (Lipinski definition) is 2. The molecule has 0 fully saturated rings. The highest BCUT2D eigenvalue weighted by Gasteiger charge is 2.10. The monoisotopic (exact) mass is 333 g/mol. The number of rotatable bonds is 7. The Morgan fingerprint density at radius 3 is 2.40 bits per heavy atom. The number of benzene rings is 2. The Morgan fingerprint density at radius 2 is 1.70 bits per heavy atom. The second-order valence-corrected chi connectivity index (χ2v) is 5.70. The van der Waals surface area contributed by atoms with Gasteiger partial charge in [-0.05, 0) is 29.5 Å². The van der Waals surface area contributed by atoms with Crippen LogP contribution in [0, 0.1) is 0 Å². The molecular weight excluding hydrogens is 314 g/mol. The van der Waals surface area contributed by atoms with E-state index in [4.69, 9.17) is 0 Å². The lowest BCUT2D eigenvalue weighted by Crippen LogP contribution is -2.22. The van der Waals surface area contributed by atoms with Crippen molar-refractivity contribution in [3.8, 4) is 0 Å². The van der Waals surface area contributed by atoms with E-state index in [1.54, 1.807) is 0 Å². The fourth-order valence-electron chi connectivity index (χ4n) is 2.29. The van der Waals surface area contributed by atoms with Crippen LogP contribution < -0.4 is 5.32 Å². The van der Waals surface area contributed by atoms with Crippen LogP contribution in [0.15, 0.2) is 59.1 Å². The van der Waals surface area contributed by atoms with E-state index >= 15 is 0 Å². The summed E-state index contributed by atoms with van der Waals surface area (Å²) >= 11 is 3.56. The minimum atomic E-state index is 0.219. The Labute approximate surface area is 129 Å². The topological polar surface area (TPSA) is 32.3 Å². The minimum absolute atomic E-state index is 0.219. The van der Waals surface area contributed by atoms with Crippen molar-refractivity contribution in [3.05, 3.63) is 70.2 Å². The molecule has 3 heteroatoms. The zero-order chi connectivity index (χ0) is 14.2. The molecule has 1 unspecified atom stereocenters. The third kappa shape index (κ3) is 4.44. The third-order valence-corrected chi connectivity index (χ3v) is 4.19. The largest absolute Gasteiger partial charge is 0.396 e. The summed E-state index contributed by atoms with van der Waals surface area (Å²) in [5.74, 6) is 0.351. The van der Waals surface area contributed by atoms with Gasteiger partial charge in [-0.2, -0.15) is 0 Å². The predicted octanol–water partition coefficient (Wildman–Crippen LogP) is 3.70. The quantitative estimate of drug-likeness (QED) is 0.809. The summed E-state index contributed by atoms with van der Waals surface area (Å²) in [6, 6.07) is 18.6. The van der Waals surface area contributed by atoms with Crippen LogP contribution in [0.4, 0.5) is 0 Å². The Balaban J connectivity index is 1.92. The molecule has 20 heavy (non-hydrogen) atoms. The van der Waals surface area contributed by atoms with E-state index in [-0.39, 0.29) is 6.61 Å². The van der Waals surface area contributed by atoms with Gasteiger partial charge in [0.1, 0.15) is 0 Å². The first-order valence-corrected chi connectivity index (χ1v) is 7.70. The van der Waals surface area contributed by atoms with Gasteiger partial charge in [-0.25, -0.2) is 0 Å². The fourth-order valence-corrected chi connectivity index (χ4v) is 2.72. The molecule has 0 saturated carbocycles. The summed E-state index contributed by atoms with van der Waals surface area (Å²) in [7, 11) is 0. The average Bonchev–Trinajstić information content (AvgIpc) is 2.49. The standard InChI is InChI=1S/C17H20BrNO/c18-17-9-5-4-8-16(17)13-19-12-15(10-11-20)14-6-2-1-3-7-14/h1-9,15,19-20H,10-13H2. The van der Waals surface area contributed by atoms with Gasteiger partial charge >= 0.3 is 0 Å². The maximum absolute atomic E-state index is 9.22. The van der Waals surface area contributed by atoms with Crippen molar-refractivity contribution in [2.75, 3.05) is 13.2 Å². The van der Waals surface area contributed by atoms with Crippen LogP contribution in [0.1, 0.15) is 23.5 Å². The van der Waals surface area contributed by atoms with Crippen molar-refractivity contribution in [2.24, 2.45) is 0 Å². The highest BCUT2D eigenvalue weighted by molar-refractivity contribution is 9.10. The summed E-state index contributed by atoms with van der Waals surface area (Å²) in [4.78, 5) is 0. The van der Waals surface area contributed by atoms with Crippen molar-refractivity contribution in [1.29, 1.82) is 0 Å². The molecule has 2 aromatic rings. The van der Waals surface area contributed by atoms with E-state index in [1.165, 1.54) is 11.1 Å². The fraction of sp³-hybridized carbons (Fsp3) is 0.294. The molecule has 2 N–H and O–H groups in total. The Bertz CT molecular complexity index is 515. The Hall–Kier alpha value is -1.16. The molecule has 0 amide bonds. The Kier molecular flexibility index (Phi) is 6.25. The van der Waals surface area contributed by atoms with Gasteiger partial charge < -0.3 is 10.4 Å². The van der Waals surface area contributed by atoms with Crippen LogP contribution in [-0.4, -0.2) is 18.3 Å². The highest BCUT2D eigenvalue weighted by Crippen LogP contribution is 2.19. The lowest BCUT2D eigenvalue weighted by Gasteiger charge is -2.17. The number of hydrogen-bond donors (Lipinski definition) is 2. The molecule has 0 aliphatic heterocycles. The molecule has 0 aliphatic carbocycles. The van der Waals surface area contributed by atoms with E-state index in [0.29, 0.717) is 5.92 Å². The molecule has 0 saturated heterocycles. The first kappa shape index (κ1) is 15.2. The van der Waals surface area contributed by atoms with Gasteiger partial charge in [-0.1, -0.05) is 64.5 Å².